The highest BCUT2D eigenvalue weighted by atomic mass is 32.2. The highest BCUT2D eigenvalue weighted by Gasteiger charge is 2.36. The van der Waals surface area contributed by atoms with Gasteiger partial charge in [0.25, 0.3) is 0 Å². The number of pyridine rings is 1. The Morgan fingerprint density at radius 1 is 1.23 bits per heavy atom. The van der Waals surface area contributed by atoms with Crippen molar-refractivity contribution < 1.29 is 31.5 Å². The molecule has 0 bridgehead atoms. The molecule has 3 aromatic rings. The fourth-order valence-electron chi connectivity index (χ4n) is 4.64. The SMILES string of the molecule is CC1CC(CS(=O)(=O)c2ccc3scc(CC(=O)O)c3c2)[C@H](C)CN1c1ccc(C(F)(F)F)cn1. The first-order chi connectivity index (χ1) is 16.3. The number of anilines is 1. The minimum atomic E-state index is -4.45. The van der Waals surface area contributed by atoms with E-state index in [1.165, 1.54) is 17.4 Å². The van der Waals surface area contributed by atoms with E-state index in [0.29, 0.717) is 29.7 Å². The molecule has 11 heteroatoms. The largest absolute Gasteiger partial charge is 0.481 e. The molecule has 1 aliphatic heterocycles. The van der Waals surface area contributed by atoms with E-state index in [-0.39, 0.29) is 34.9 Å². The summed E-state index contributed by atoms with van der Waals surface area (Å²) < 4.78 is 66.0. The van der Waals surface area contributed by atoms with Crippen molar-refractivity contribution in [2.45, 2.75) is 43.8 Å². The van der Waals surface area contributed by atoms with Gasteiger partial charge in [-0.05, 0) is 71.8 Å². The topological polar surface area (TPSA) is 87.6 Å². The lowest BCUT2D eigenvalue weighted by atomic mass is 9.84. The van der Waals surface area contributed by atoms with E-state index in [1.54, 1.807) is 23.6 Å². The van der Waals surface area contributed by atoms with Crippen LogP contribution in [0.2, 0.25) is 0 Å². The number of thiophene rings is 1. The van der Waals surface area contributed by atoms with Gasteiger partial charge in [0.1, 0.15) is 5.82 Å². The van der Waals surface area contributed by atoms with E-state index >= 15 is 0 Å². The number of alkyl halides is 3. The number of nitrogens with zero attached hydrogens (tertiary/aromatic N) is 2. The van der Waals surface area contributed by atoms with Crippen LogP contribution in [0, 0.1) is 11.8 Å². The lowest BCUT2D eigenvalue weighted by molar-refractivity contribution is -0.138. The lowest BCUT2D eigenvalue weighted by Crippen LogP contribution is -2.47. The molecule has 1 saturated heterocycles. The Bertz CT molecular complexity index is 1340. The maximum absolute atomic E-state index is 13.3. The Balaban J connectivity index is 1.50. The average molecular weight is 527 g/mol. The third-order valence-corrected chi connectivity index (χ3v) is 9.45. The minimum Gasteiger partial charge on any atom is -0.481 e. The predicted octanol–water partition coefficient (Wildman–Crippen LogP) is 5.27. The summed E-state index contributed by atoms with van der Waals surface area (Å²) >= 11 is 1.38. The zero-order valence-corrected chi connectivity index (χ0v) is 20.8. The zero-order valence-electron chi connectivity index (χ0n) is 19.1. The molecule has 1 aromatic carbocycles. The molecule has 35 heavy (non-hydrogen) atoms. The predicted molar refractivity (Wildman–Crippen MR) is 129 cm³/mol. The van der Waals surface area contributed by atoms with Gasteiger partial charge in [0.05, 0.1) is 22.6 Å². The van der Waals surface area contributed by atoms with E-state index in [4.69, 9.17) is 5.11 Å². The van der Waals surface area contributed by atoms with Gasteiger partial charge in [0.2, 0.25) is 0 Å². The van der Waals surface area contributed by atoms with Crippen LogP contribution in [-0.2, 0) is 27.2 Å². The maximum atomic E-state index is 13.3. The van der Waals surface area contributed by atoms with Crippen LogP contribution in [0.15, 0.2) is 46.8 Å². The summed E-state index contributed by atoms with van der Waals surface area (Å²) in [6.45, 7) is 4.34. The Hall–Kier alpha value is -2.66. The van der Waals surface area contributed by atoms with Crippen molar-refractivity contribution in [3.05, 3.63) is 53.0 Å². The monoisotopic (exact) mass is 526 g/mol. The van der Waals surface area contributed by atoms with Crippen molar-refractivity contribution in [2.24, 2.45) is 11.8 Å². The first kappa shape index (κ1) is 25.4. The second-order valence-electron chi connectivity index (χ2n) is 9.15. The number of hydrogen-bond acceptors (Lipinski definition) is 6. The molecule has 0 amide bonds. The van der Waals surface area contributed by atoms with Crippen molar-refractivity contribution in [3.8, 4) is 0 Å². The number of carboxylic acid groups (broad SMARTS) is 1. The molecular formula is C24H25F3N2O4S2. The number of fused-ring (bicyclic) bond motifs is 1. The van der Waals surface area contributed by atoms with Gasteiger partial charge in [0.15, 0.2) is 9.84 Å². The molecule has 3 heterocycles. The molecule has 1 N–H and O–H groups in total. The fraction of sp³-hybridized carbons (Fsp3) is 0.417. The van der Waals surface area contributed by atoms with E-state index in [9.17, 15) is 26.4 Å². The summed E-state index contributed by atoms with van der Waals surface area (Å²) in [5.74, 6) is -0.770. The summed E-state index contributed by atoms with van der Waals surface area (Å²) in [6, 6.07) is 7.10. The second-order valence-corrected chi connectivity index (χ2v) is 12.1. The summed E-state index contributed by atoms with van der Waals surface area (Å²) in [5.41, 5.74) is -0.217. The van der Waals surface area contributed by atoms with Crippen molar-refractivity contribution >= 4 is 43.0 Å². The van der Waals surface area contributed by atoms with Crippen LogP contribution in [0.1, 0.15) is 31.4 Å². The number of carboxylic acids is 1. The molecule has 0 saturated carbocycles. The molecule has 0 spiro atoms. The van der Waals surface area contributed by atoms with Gasteiger partial charge in [-0.1, -0.05) is 6.92 Å². The molecular weight excluding hydrogens is 501 g/mol. The summed E-state index contributed by atoms with van der Waals surface area (Å²) in [7, 11) is -3.64. The van der Waals surface area contributed by atoms with Crippen LogP contribution < -0.4 is 4.90 Å². The fourth-order valence-corrected chi connectivity index (χ4v) is 7.38. The first-order valence-electron chi connectivity index (χ1n) is 11.1. The third kappa shape index (κ3) is 5.45. The Labute approximate surface area is 205 Å². The molecule has 2 aromatic heterocycles. The molecule has 0 radical (unpaired) electrons. The maximum Gasteiger partial charge on any atom is 0.417 e. The van der Waals surface area contributed by atoms with Gasteiger partial charge in [-0.3, -0.25) is 4.79 Å². The number of halogens is 3. The van der Waals surface area contributed by atoms with Crippen LogP contribution >= 0.6 is 11.3 Å². The van der Waals surface area contributed by atoms with Crippen LogP contribution in [0.25, 0.3) is 10.1 Å². The van der Waals surface area contributed by atoms with Crippen LogP contribution in [-0.4, -0.2) is 42.8 Å². The van der Waals surface area contributed by atoms with E-state index < -0.39 is 27.5 Å². The number of aliphatic carboxylic acids is 1. The van der Waals surface area contributed by atoms with Gasteiger partial charge in [0, 0.05) is 23.5 Å². The van der Waals surface area contributed by atoms with Crippen LogP contribution in [0.4, 0.5) is 19.0 Å². The molecule has 0 aliphatic carbocycles. The van der Waals surface area contributed by atoms with E-state index in [0.717, 1.165) is 17.0 Å². The van der Waals surface area contributed by atoms with Crippen LogP contribution in [0.5, 0.6) is 0 Å². The Morgan fingerprint density at radius 3 is 2.60 bits per heavy atom. The number of sulfone groups is 1. The summed E-state index contributed by atoms with van der Waals surface area (Å²) in [4.78, 5) is 17.2. The number of rotatable bonds is 6. The lowest BCUT2D eigenvalue weighted by Gasteiger charge is -2.42. The standard InChI is InChI=1S/C24H25F3N2O4S2/c1-14-11-29(22-6-3-18(10-28-22)24(25,26)27)15(2)7-17(14)13-35(32,33)19-4-5-21-20(9-19)16(12-34-21)8-23(30)31/h3-6,9-10,12,14-15,17H,7-8,11,13H2,1-2H3,(H,30,31)/t14-,15?,17?/m1/s1. The van der Waals surface area contributed by atoms with Crippen molar-refractivity contribution in [1.82, 2.24) is 4.98 Å². The van der Waals surface area contributed by atoms with Crippen LogP contribution in [0.3, 0.4) is 0 Å². The molecule has 2 unspecified atom stereocenters. The minimum absolute atomic E-state index is 0.0301. The number of piperidine rings is 1. The highest BCUT2D eigenvalue weighted by molar-refractivity contribution is 7.91. The molecule has 1 fully saturated rings. The van der Waals surface area contributed by atoms with Gasteiger partial charge in [-0.25, -0.2) is 13.4 Å². The van der Waals surface area contributed by atoms with Crippen molar-refractivity contribution in [1.29, 1.82) is 0 Å². The second kappa shape index (κ2) is 9.42. The van der Waals surface area contributed by atoms with Gasteiger partial charge < -0.3 is 10.0 Å². The van der Waals surface area contributed by atoms with E-state index in [2.05, 4.69) is 4.98 Å². The molecule has 1 aliphatic rings. The number of carbonyl (C=O) groups is 1. The Morgan fingerprint density at radius 2 is 1.97 bits per heavy atom. The molecule has 3 atom stereocenters. The van der Waals surface area contributed by atoms with Gasteiger partial charge >= 0.3 is 12.1 Å². The van der Waals surface area contributed by atoms with Crippen molar-refractivity contribution in [3.63, 3.8) is 0 Å². The summed E-state index contributed by atoms with van der Waals surface area (Å²) in [6.07, 6.45) is -3.25. The number of benzene rings is 1. The van der Waals surface area contributed by atoms with Crippen molar-refractivity contribution in [2.75, 3.05) is 17.2 Å². The quantitative estimate of drug-likeness (QED) is 0.471. The normalized spacial score (nSPS) is 21.4. The third-order valence-electron chi connectivity index (χ3n) is 6.59. The van der Waals surface area contributed by atoms with Gasteiger partial charge in [-0.2, -0.15) is 13.2 Å². The number of hydrogen-bond donors (Lipinski definition) is 1. The van der Waals surface area contributed by atoms with E-state index in [1.807, 2.05) is 18.7 Å². The first-order valence-corrected chi connectivity index (χ1v) is 13.6. The highest BCUT2D eigenvalue weighted by Crippen LogP contribution is 2.35. The summed E-state index contributed by atoms with van der Waals surface area (Å²) in [5, 5.41) is 11.5. The average Bonchev–Trinajstić information content (AvgIpc) is 3.17. The van der Waals surface area contributed by atoms with Gasteiger partial charge in [-0.15, -0.1) is 11.3 Å². The molecule has 6 nitrogen and oxygen atoms in total. The Kier molecular flexibility index (Phi) is 6.85. The number of aromatic nitrogens is 1. The molecule has 4 rings (SSSR count). The smallest absolute Gasteiger partial charge is 0.417 e. The zero-order chi connectivity index (χ0) is 25.5. The molecule has 188 valence electrons.